The van der Waals surface area contributed by atoms with Crippen molar-refractivity contribution >= 4 is 11.0 Å². The number of benzene rings is 2. The van der Waals surface area contributed by atoms with Crippen molar-refractivity contribution in [3.63, 3.8) is 0 Å². The van der Waals surface area contributed by atoms with Crippen molar-refractivity contribution in [3.05, 3.63) is 64.8 Å². The summed E-state index contributed by atoms with van der Waals surface area (Å²) in [5.41, 5.74) is 0.662. The third kappa shape index (κ3) is 3.64. The standard InChI is InChI=1S/C21H20O8/c22-10-16-18(24)19(25)20(26)21(29-16)28-14-8-4-7-13-17(14)12(23)9-15(27-13)11-5-2-1-3-6-11/h1-9,16,18-22,24-26H,10H2. The number of aliphatic hydroxyl groups is 4. The number of ether oxygens (including phenoxy) is 2. The second-order valence-electron chi connectivity index (χ2n) is 6.79. The average molecular weight is 400 g/mol. The molecule has 0 amide bonds. The minimum Gasteiger partial charge on any atom is -0.461 e. The quantitative estimate of drug-likeness (QED) is 0.502. The van der Waals surface area contributed by atoms with Crippen LogP contribution in [0, 0.1) is 0 Å². The van der Waals surface area contributed by atoms with E-state index in [0.29, 0.717) is 5.76 Å². The third-order valence-electron chi connectivity index (χ3n) is 4.87. The molecular weight excluding hydrogens is 380 g/mol. The van der Waals surface area contributed by atoms with Gasteiger partial charge < -0.3 is 34.3 Å². The summed E-state index contributed by atoms with van der Waals surface area (Å²) < 4.78 is 16.8. The highest BCUT2D eigenvalue weighted by Crippen LogP contribution is 2.30. The number of rotatable bonds is 4. The molecular formula is C21H20O8. The summed E-state index contributed by atoms with van der Waals surface area (Å²) in [6.45, 7) is -0.580. The van der Waals surface area contributed by atoms with Crippen LogP contribution in [0.15, 0.2) is 63.8 Å². The maximum Gasteiger partial charge on any atom is 0.229 e. The first-order valence-corrected chi connectivity index (χ1v) is 9.09. The molecule has 4 rings (SSSR count). The fourth-order valence-electron chi connectivity index (χ4n) is 3.31. The molecule has 1 aliphatic heterocycles. The van der Waals surface area contributed by atoms with Crippen molar-refractivity contribution in [2.24, 2.45) is 0 Å². The van der Waals surface area contributed by atoms with Crippen molar-refractivity contribution in [1.82, 2.24) is 0 Å². The first-order valence-electron chi connectivity index (χ1n) is 9.09. The zero-order chi connectivity index (χ0) is 20.5. The SMILES string of the molecule is O=c1cc(-c2ccccc2)oc2cccc(OC3OC(CO)C(O)C(O)C3O)c12. The van der Waals surface area contributed by atoms with Crippen molar-refractivity contribution in [1.29, 1.82) is 0 Å². The Morgan fingerprint density at radius 2 is 1.69 bits per heavy atom. The summed E-state index contributed by atoms with van der Waals surface area (Å²) in [6, 6.07) is 15.2. The molecule has 8 nitrogen and oxygen atoms in total. The van der Waals surface area contributed by atoms with E-state index in [1.807, 2.05) is 30.3 Å². The first-order chi connectivity index (χ1) is 14.0. The van der Waals surface area contributed by atoms with Gasteiger partial charge in [0.25, 0.3) is 0 Å². The van der Waals surface area contributed by atoms with Gasteiger partial charge in [-0.2, -0.15) is 0 Å². The van der Waals surface area contributed by atoms with E-state index in [0.717, 1.165) is 5.56 Å². The van der Waals surface area contributed by atoms with Crippen LogP contribution in [0.4, 0.5) is 0 Å². The lowest BCUT2D eigenvalue weighted by Crippen LogP contribution is -2.60. The Labute approximate surface area is 165 Å². The van der Waals surface area contributed by atoms with Crippen LogP contribution in [-0.4, -0.2) is 57.7 Å². The van der Waals surface area contributed by atoms with Crippen molar-refractivity contribution in [2.45, 2.75) is 30.7 Å². The van der Waals surface area contributed by atoms with Crippen LogP contribution in [0.3, 0.4) is 0 Å². The fourth-order valence-corrected chi connectivity index (χ4v) is 3.31. The van der Waals surface area contributed by atoms with Crippen LogP contribution in [0.1, 0.15) is 0 Å². The second kappa shape index (κ2) is 7.94. The normalized spacial score (nSPS) is 27.1. The molecule has 8 heteroatoms. The molecule has 5 atom stereocenters. The van der Waals surface area contributed by atoms with Crippen molar-refractivity contribution in [3.8, 4) is 17.1 Å². The highest BCUT2D eigenvalue weighted by atomic mass is 16.7. The van der Waals surface area contributed by atoms with Crippen LogP contribution in [0.2, 0.25) is 0 Å². The maximum absolute atomic E-state index is 12.8. The number of hydrogen-bond acceptors (Lipinski definition) is 8. The Bertz CT molecular complexity index is 1050. The highest BCUT2D eigenvalue weighted by molar-refractivity contribution is 5.84. The van der Waals surface area contributed by atoms with E-state index in [4.69, 9.17) is 13.9 Å². The fraction of sp³-hybridized carbons (Fsp3) is 0.286. The third-order valence-corrected chi connectivity index (χ3v) is 4.87. The van der Waals surface area contributed by atoms with Crippen LogP contribution in [0.5, 0.6) is 5.75 Å². The molecule has 0 bridgehead atoms. The van der Waals surface area contributed by atoms with Gasteiger partial charge in [0, 0.05) is 11.6 Å². The smallest absolute Gasteiger partial charge is 0.229 e. The number of hydrogen-bond donors (Lipinski definition) is 4. The second-order valence-corrected chi connectivity index (χ2v) is 6.79. The van der Waals surface area contributed by atoms with E-state index >= 15 is 0 Å². The zero-order valence-electron chi connectivity index (χ0n) is 15.2. The highest BCUT2D eigenvalue weighted by Gasteiger charge is 2.44. The van der Waals surface area contributed by atoms with Crippen molar-refractivity contribution < 1.29 is 34.3 Å². The van der Waals surface area contributed by atoms with Crippen LogP contribution >= 0.6 is 0 Å². The van der Waals surface area contributed by atoms with Gasteiger partial charge in [-0.3, -0.25) is 4.79 Å². The Balaban J connectivity index is 1.71. The predicted molar refractivity (Wildman–Crippen MR) is 102 cm³/mol. The molecule has 0 spiro atoms. The molecule has 152 valence electrons. The van der Waals surface area contributed by atoms with Gasteiger partial charge in [-0.25, -0.2) is 0 Å². The minimum atomic E-state index is -1.58. The van der Waals surface area contributed by atoms with Gasteiger partial charge in [-0.15, -0.1) is 0 Å². The molecule has 4 N–H and O–H groups in total. The summed E-state index contributed by atoms with van der Waals surface area (Å²) in [5, 5.41) is 39.4. The van der Waals surface area contributed by atoms with E-state index in [2.05, 4.69) is 0 Å². The zero-order valence-corrected chi connectivity index (χ0v) is 15.2. The van der Waals surface area contributed by atoms with Gasteiger partial charge in [0.1, 0.15) is 46.9 Å². The van der Waals surface area contributed by atoms with E-state index in [9.17, 15) is 25.2 Å². The van der Waals surface area contributed by atoms with Crippen LogP contribution in [-0.2, 0) is 4.74 Å². The van der Waals surface area contributed by atoms with E-state index in [1.165, 1.54) is 12.1 Å². The Morgan fingerprint density at radius 1 is 0.931 bits per heavy atom. The van der Waals surface area contributed by atoms with Gasteiger partial charge in [0.2, 0.25) is 6.29 Å². The Morgan fingerprint density at radius 3 is 2.41 bits per heavy atom. The monoisotopic (exact) mass is 400 g/mol. The van der Waals surface area contributed by atoms with Crippen LogP contribution in [0.25, 0.3) is 22.3 Å². The molecule has 5 unspecified atom stereocenters. The van der Waals surface area contributed by atoms with E-state index in [1.54, 1.807) is 12.1 Å². The van der Waals surface area contributed by atoms with E-state index < -0.39 is 37.3 Å². The molecule has 2 aromatic carbocycles. The number of aliphatic hydroxyl groups excluding tert-OH is 4. The van der Waals surface area contributed by atoms with Gasteiger partial charge in [-0.1, -0.05) is 36.4 Å². The lowest BCUT2D eigenvalue weighted by atomic mass is 9.99. The van der Waals surface area contributed by atoms with Gasteiger partial charge >= 0.3 is 0 Å². The summed E-state index contributed by atoms with van der Waals surface area (Å²) >= 11 is 0. The largest absolute Gasteiger partial charge is 0.461 e. The average Bonchev–Trinajstić information content (AvgIpc) is 2.74. The lowest BCUT2D eigenvalue weighted by molar-refractivity contribution is -0.277. The summed E-state index contributed by atoms with van der Waals surface area (Å²) in [6.07, 6.45) is -7.18. The molecule has 3 aromatic rings. The topological polar surface area (TPSA) is 130 Å². The van der Waals surface area contributed by atoms with Crippen LogP contribution < -0.4 is 10.2 Å². The molecule has 0 saturated carbocycles. The van der Waals surface area contributed by atoms with Crippen molar-refractivity contribution in [2.75, 3.05) is 6.61 Å². The summed E-state index contributed by atoms with van der Waals surface area (Å²) in [5.74, 6) is 0.480. The number of fused-ring (bicyclic) bond motifs is 1. The molecule has 0 aliphatic carbocycles. The Hall–Kier alpha value is -2.75. The first kappa shape index (κ1) is 19.6. The van der Waals surface area contributed by atoms with Gasteiger partial charge in [0.05, 0.1) is 6.61 Å². The molecule has 1 saturated heterocycles. The minimum absolute atomic E-state index is 0.0835. The summed E-state index contributed by atoms with van der Waals surface area (Å²) in [7, 11) is 0. The predicted octanol–water partition coefficient (Wildman–Crippen LogP) is 0.639. The Kier molecular flexibility index (Phi) is 5.35. The van der Waals surface area contributed by atoms with Gasteiger partial charge in [0.15, 0.2) is 5.43 Å². The molecule has 1 aliphatic rings. The van der Waals surface area contributed by atoms with E-state index in [-0.39, 0.29) is 22.1 Å². The van der Waals surface area contributed by atoms with Gasteiger partial charge in [-0.05, 0) is 12.1 Å². The maximum atomic E-state index is 12.8. The molecule has 0 radical (unpaired) electrons. The molecule has 2 heterocycles. The lowest BCUT2D eigenvalue weighted by Gasteiger charge is -2.39. The summed E-state index contributed by atoms with van der Waals surface area (Å²) in [4.78, 5) is 12.8. The molecule has 29 heavy (non-hydrogen) atoms. The molecule has 1 fully saturated rings. The molecule has 1 aromatic heterocycles.